The molecule has 0 saturated carbocycles. The van der Waals surface area contributed by atoms with E-state index < -0.39 is 0 Å². The lowest BCUT2D eigenvalue weighted by atomic mass is 10.1. The van der Waals surface area contributed by atoms with Crippen LogP contribution in [0.25, 0.3) is 23.1 Å². The molecule has 0 aliphatic rings. The summed E-state index contributed by atoms with van der Waals surface area (Å²) in [7, 11) is 3.25. The van der Waals surface area contributed by atoms with E-state index in [0.717, 1.165) is 35.2 Å². The van der Waals surface area contributed by atoms with E-state index in [1.54, 1.807) is 26.6 Å². The fourth-order valence-electron chi connectivity index (χ4n) is 3.41. The van der Waals surface area contributed by atoms with Crippen LogP contribution in [0.5, 0.6) is 11.5 Å². The average molecular weight is 427 g/mol. The van der Waals surface area contributed by atoms with Gasteiger partial charge in [-0.3, -0.25) is 4.98 Å². The van der Waals surface area contributed by atoms with Crippen molar-refractivity contribution in [2.75, 3.05) is 26.1 Å². The number of nitrogens with zero attached hydrogens (tertiary/aromatic N) is 3. The van der Waals surface area contributed by atoms with Crippen LogP contribution in [0.3, 0.4) is 0 Å². The van der Waals surface area contributed by atoms with Gasteiger partial charge >= 0.3 is 0 Å². The molecule has 6 nitrogen and oxygen atoms in total. The number of nitrogens with one attached hydrogen (secondary N) is 1. The Kier molecular flexibility index (Phi) is 6.60. The first-order chi connectivity index (χ1) is 15.7. The highest BCUT2D eigenvalue weighted by Crippen LogP contribution is 2.34. The Labute approximate surface area is 188 Å². The number of aromatic nitrogens is 3. The largest absolute Gasteiger partial charge is 0.493 e. The van der Waals surface area contributed by atoms with Crippen LogP contribution in [-0.4, -0.2) is 35.7 Å². The summed E-state index contributed by atoms with van der Waals surface area (Å²) in [6.07, 6.45) is 8.41. The van der Waals surface area contributed by atoms with Gasteiger partial charge in [-0.1, -0.05) is 35.9 Å². The summed E-state index contributed by atoms with van der Waals surface area (Å²) < 4.78 is 11.0. The molecule has 0 aliphatic carbocycles. The topological polar surface area (TPSA) is 69.2 Å². The van der Waals surface area contributed by atoms with E-state index in [9.17, 15) is 0 Å². The molecule has 2 aromatic carbocycles. The number of methoxy groups -OCH3 is 2. The van der Waals surface area contributed by atoms with E-state index in [1.165, 1.54) is 11.1 Å². The molecule has 0 bridgehead atoms. The Morgan fingerprint density at radius 3 is 2.31 bits per heavy atom. The van der Waals surface area contributed by atoms with E-state index in [1.807, 2.05) is 36.4 Å². The van der Waals surface area contributed by atoms with E-state index in [-0.39, 0.29) is 0 Å². The zero-order chi connectivity index (χ0) is 22.3. The minimum Gasteiger partial charge on any atom is -0.493 e. The highest BCUT2D eigenvalue weighted by Gasteiger charge is 2.12. The third-order valence-corrected chi connectivity index (χ3v) is 5.18. The fourth-order valence-corrected chi connectivity index (χ4v) is 3.41. The third kappa shape index (κ3) is 5.03. The standard InChI is InChI=1S/C26H26N4O2/c1-18-4-6-19(7-5-18)8-9-25-29-22-17-24(32-3)23(31-2)16-21(22)26(30-25)28-15-12-20-10-13-27-14-11-20/h4-11,13-14,16-17H,12,15H2,1-3H3,(H,28,29,30)/b9-8+. The highest BCUT2D eigenvalue weighted by molar-refractivity contribution is 5.92. The van der Waals surface area contributed by atoms with Crippen molar-refractivity contribution in [3.8, 4) is 11.5 Å². The molecule has 2 heterocycles. The van der Waals surface area contributed by atoms with Crippen molar-refractivity contribution in [1.82, 2.24) is 15.0 Å². The Hall–Kier alpha value is -3.93. The molecular formula is C26H26N4O2. The highest BCUT2D eigenvalue weighted by atomic mass is 16.5. The molecule has 32 heavy (non-hydrogen) atoms. The van der Waals surface area contributed by atoms with Crippen molar-refractivity contribution in [3.05, 3.63) is 83.4 Å². The normalized spacial score (nSPS) is 11.1. The SMILES string of the molecule is COc1cc2nc(/C=C/c3ccc(C)cc3)nc(NCCc3ccncc3)c2cc1OC. The second-order valence-corrected chi connectivity index (χ2v) is 7.43. The fraction of sp³-hybridized carbons (Fsp3) is 0.192. The number of benzene rings is 2. The molecule has 2 aromatic heterocycles. The van der Waals surface area contributed by atoms with Crippen molar-refractivity contribution < 1.29 is 9.47 Å². The van der Waals surface area contributed by atoms with Gasteiger partial charge in [0, 0.05) is 30.4 Å². The second kappa shape index (κ2) is 9.92. The average Bonchev–Trinajstić information content (AvgIpc) is 2.83. The summed E-state index contributed by atoms with van der Waals surface area (Å²) in [5.74, 6) is 2.66. The summed E-state index contributed by atoms with van der Waals surface area (Å²) >= 11 is 0. The number of ether oxygens (including phenoxy) is 2. The molecule has 0 amide bonds. The van der Waals surface area contributed by atoms with Crippen LogP contribution in [-0.2, 0) is 6.42 Å². The number of fused-ring (bicyclic) bond motifs is 1. The van der Waals surface area contributed by atoms with Gasteiger partial charge in [-0.05, 0) is 48.7 Å². The summed E-state index contributed by atoms with van der Waals surface area (Å²) in [6.45, 7) is 2.80. The molecule has 162 valence electrons. The van der Waals surface area contributed by atoms with Gasteiger partial charge in [0.15, 0.2) is 17.3 Å². The number of aryl methyl sites for hydroxylation is 1. The van der Waals surface area contributed by atoms with Crippen molar-refractivity contribution in [3.63, 3.8) is 0 Å². The first-order valence-electron chi connectivity index (χ1n) is 10.5. The van der Waals surface area contributed by atoms with Gasteiger partial charge in [-0.2, -0.15) is 0 Å². The van der Waals surface area contributed by atoms with Crippen LogP contribution in [0.4, 0.5) is 5.82 Å². The lowest BCUT2D eigenvalue weighted by Gasteiger charge is -2.13. The maximum atomic E-state index is 5.49. The molecular weight excluding hydrogens is 400 g/mol. The van der Waals surface area contributed by atoms with E-state index >= 15 is 0 Å². The summed E-state index contributed by atoms with van der Waals surface area (Å²) in [5.41, 5.74) is 4.32. The Balaban J connectivity index is 1.68. The molecule has 4 aromatic rings. The van der Waals surface area contributed by atoms with Crippen LogP contribution >= 0.6 is 0 Å². The Bertz CT molecular complexity index is 1220. The first-order valence-corrected chi connectivity index (χ1v) is 10.5. The number of anilines is 1. The van der Waals surface area contributed by atoms with Crippen LogP contribution in [0.2, 0.25) is 0 Å². The maximum Gasteiger partial charge on any atom is 0.162 e. The van der Waals surface area contributed by atoms with Gasteiger partial charge < -0.3 is 14.8 Å². The van der Waals surface area contributed by atoms with Crippen molar-refractivity contribution in [2.45, 2.75) is 13.3 Å². The Morgan fingerprint density at radius 2 is 1.59 bits per heavy atom. The van der Waals surface area contributed by atoms with Crippen molar-refractivity contribution in [1.29, 1.82) is 0 Å². The number of hydrogen-bond donors (Lipinski definition) is 1. The lowest BCUT2D eigenvalue weighted by Crippen LogP contribution is -2.08. The van der Waals surface area contributed by atoms with Crippen molar-refractivity contribution >= 4 is 28.9 Å². The predicted octanol–water partition coefficient (Wildman–Crippen LogP) is 5.18. The van der Waals surface area contributed by atoms with Gasteiger partial charge in [0.05, 0.1) is 19.7 Å². The molecule has 0 aliphatic heterocycles. The van der Waals surface area contributed by atoms with Gasteiger partial charge in [0.25, 0.3) is 0 Å². The number of rotatable bonds is 8. The van der Waals surface area contributed by atoms with E-state index in [0.29, 0.717) is 17.3 Å². The molecule has 0 unspecified atom stereocenters. The van der Waals surface area contributed by atoms with Gasteiger partial charge in [-0.25, -0.2) is 9.97 Å². The van der Waals surface area contributed by atoms with Gasteiger partial charge in [-0.15, -0.1) is 0 Å². The van der Waals surface area contributed by atoms with Crippen LogP contribution in [0.1, 0.15) is 22.5 Å². The van der Waals surface area contributed by atoms with E-state index in [4.69, 9.17) is 19.4 Å². The number of hydrogen-bond acceptors (Lipinski definition) is 6. The Morgan fingerprint density at radius 1 is 0.875 bits per heavy atom. The molecule has 4 rings (SSSR count). The second-order valence-electron chi connectivity index (χ2n) is 7.43. The molecule has 0 atom stereocenters. The molecule has 0 radical (unpaired) electrons. The monoisotopic (exact) mass is 426 g/mol. The van der Waals surface area contributed by atoms with Crippen LogP contribution in [0.15, 0.2) is 60.9 Å². The molecule has 6 heteroatoms. The summed E-state index contributed by atoms with van der Waals surface area (Å²) in [6, 6.07) is 16.2. The number of pyridine rings is 1. The quantitative estimate of drug-likeness (QED) is 0.419. The van der Waals surface area contributed by atoms with Crippen LogP contribution in [0, 0.1) is 6.92 Å². The molecule has 1 N–H and O–H groups in total. The molecule has 0 spiro atoms. The van der Waals surface area contributed by atoms with Crippen molar-refractivity contribution in [2.24, 2.45) is 0 Å². The first kappa shape index (κ1) is 21.3. The zero-order valence-electron chi connectivity index (χ0n) is 18.5. The molecule has 0 fully saturated rings. The minimum atomic E-state index is 0.622. The minimum absolute atomic E-state index is 0.622. The smallest absolute Gasteiger partial charge is 0.162 e. The predicted molar refractivity (Wildman–Crippen MR) is 129 cm³/mol. The lowest BCUT2D eigenvalue weighted by molar-refractivity contribution is 0.356. The van der Waals surface area contributed by atoms with E-state index in [2.05, 4.69) is 41.5 Å². The van der Waals surface area contributed by atoms with Gasteiger partial charge in [0.1, 0.15) is 5.82 Å². The molecule has 0 saturated heterocycles. The van der Waals surface area contributed by atoms with Gasteiger partial charge in [0.2, 0.25) is 0 Å². The summed E-state index contributed by atoms with van der Waals surface area (Å²) in [5, 5.41) is 4.35. The van der Waals surface area contributed by atoms with Crippen LogP contribution < -0.4 is 14.8 Å². The third-order valence-electron chi connectivity index (χ3n) is 5.18. The maximum absolute atomic E-state index is 5.49. The zero-order valence-corrected chi connectivity index (χ0v) is 18.5. The summed E-state index contributed by atoms with van der Waals surface area (Å²) in [4.78, 5) is 13.6.